The summed E-state index contributed by atoms with van der Waals surface area (Å²) in [6.45, 7) is 12.3. The molecule has 0 fully saturated rings. The predicted octanol–water partition coefficient (Wildman–Crippen LogP) is 5.20. The Bertz CT molecular complexity index is 849. The first-order valence-corrected chi connectivity index (χ1v) is 8.83. The highest BCUT2D eigenvalue weighted by Gasteiger charge is 2.20. The molecule has 0 aliphatic carbocycles. The molecular weight excluding hydrogens is 340 g/mol. The lowest BCUT2D eigenvalue weighted by Crippen LogP contribution is -2.37. The van der Waals surface area contributed by atoms with Crippen LogP contribution in [0.15, 0.2) is 29.1 Å². The average Bonchev–Trinajstić information content (AvgIpc) is 2.45. The third kappa shape index (κ3) is 3.98. The lowest BCUT2D eigenvalue weighted by molar-refractivity contribution is 0.336. The van der Waals surface area contributed by atoms with Gasteiger partial charge in [0.05, 0.1) is 5.54 Å². The SMILES string of the molecule is CC(C)(C)c1ccc(Cc2c(Cl)c(=O)n(C(C)(C)C)[nH]c2=S)cc1. The largest absolute Gasteiger partial charge is 0.285 e. The molecule has 0 aliphatic rings. The first kappa shape index (κ1) is 18.9. The number of aromatic amines is 1. The fourth-order valence-electron chi connectivity index (χ4n) is 2.50. The van der Waals surface area contributed by atoms with Crippen molar-refractivity contribution in [3.8, 4) is 0 Å². The van der Waals surface area contributed by atoms with Crippen molar-refractivity contribution in [2.24, 2.45) is 0 Å². The van der Waals surface area contributed by atoms with Gasteiger partial charge in [-0.1, -0.05) is 68.9 Å². The van der Waals surface area contributed by atoms with Crippen LogP contribution in [0.4, 0.5) is 0 Å². The molecule has 0 spiro atoms. The highest BCUT2D eigenvalue weighted by molar-refractivity contribution is 7.71. The molecule has 0 saturated heterocycles. The molecule has 0 saturated carbocycles. The number of hydrogen-bond acceptors (Lipinski definition) is 2. The molecule has 5 heteroatoms. The molecule has 130 valence electrons. The van der Waals surface area contributed by atoms with Crippen molar-refractivity contribution >= 4 is 23.8 Å². The minimum absolute atomic E-state index is 0.111. The maximum absolute atomic E-state index is 12.5. The van der Waals surface area contributed by atoms with E-state index in [1.807, 2.05) is 20.8 Å². The first-order valence-electron chi connectivity index (χ1n) is 8.05. The summed E-state index contributed by atoms with van der Waals surface area (Å²) in [5, 5.41) is 3.22. The fourth-order valence-corrected chi connectivity index (χ4v) is 3.07. The Morgan fingerprint density at radius 1 is 1.08 bits per heavy atom. The molecular formula is C19H25ClN2OS. The van der Waals surface area contributed by atoms with E-state index >= 15 is 0 Å². The lowest BCUT2D eigenvalue weighted by atomic mass is 9.86. The van der Waals surface area contributed by atoms with Gasteiger partial charge in [-0.25, -0.2) is 4.68 Å². The third-order valence-corrected chi connectivity index (χ3v) is 4.74. The second kappa shape index (κ2) is 6.49. The van der Waals surface area contributed by atoms with Crippen molar-refractivity contribution in [3.05, 3.63) is 61.0 Å². The number of rotatable bonds is 2. The maximum Gasteiger partial charge on any atom is 0.284 e. The molecule has 0 amide bonds. The van der Waals surface area contributed by atoms with E-state index in [0.29, 0.717) is 16.6 Å². The topological polar surface area (TPSA) is 37.8 Å². The van der Waals surface area contributed by atoms with Crippen molar-refractivity contribution in [1.82, 2.24) is 9.78 Å². The molecule has 1 heterocycles. The van der Waals surface area contributed by atoms with E-state index in [1.54, 1.807) is 0 Å². The standard InChI is InChI=1S/C19H25ClN2OS/c1-18(2,3)13-9-7-12(8-10-13)11-14-15(20)17(23)22(19(4,5)6)21-16(14)24/h7-10H,11H2,1-6H3,(H,21,24). The Morgan fingerprint density at radius 2 is 1.62 bits per heavy atom. The summed E-state index contributed by atoms with van der Waals surface area (Å²) in [6.07, 6.45) is 0.540. The van der Waals surface area contributed by atoms with E-state index in [0.717, 1.165) is 5.56 Å². The van der Waals surface area contributed by atoms with E-state index < -0.39 is 5.54 Å². The minimum Gasteiger partial charge on any atom is -0.285 e. The number of benzene rings is 1. The van der Waals surface area contributed by atoms with Gasteiger partial charge in [-0.2, -0.15) is 0 Å². The van der Waals surface area contributed by atoms with Gasteiger partial charge in [-0.05, 0) is 37.3 Å². The van der Waals surface area contributed by atoms with Crippen molar-refractivity contribution < 1.29 is 0 Å². The van der Waals surface area contributed by atoms with Crippen LogP contribution in [0.1, 0.15) is 58.2 Å². The van der Waals surface area contributed by atoms with Gasteiger partial charge in [0.25, 0.3) is 5.56 Å². The van der Waals surface area contributed by atoms with E-state index in [1.165, 1.54) is 10.2 Å². The molecule has 2 aromatic rings. The Balaban J connectivity index is 2.43. The van der Waals surface area contributed by atoms with Crippen LogP contribution in [0.3, 0.4) is 0 Å². The molecule has 24 heavy (non-hydrogen) atoms. The van der Waals surface area contributed by atoms with Gasteiger partial charge in [-0.3, -0.25) is 9.89 Å². The summed E-state index contributed by atoms with van der Waals surface area (Å²) in [4.78, 5) is 12.5. The van der Waals surface area contributed by atoms with Crippen LogP contribution in [-0.4, -0.2) is 9.78 Å². The van der Waals surface area contributed by atoms with Crippen LogP contribution >= 0.6 is 23.8 Å². The van der Waals surface area contributed by atoms with Gasteiger partial charge in [0.15, 0.2) is 0 Å². The summed E-state index contributed by atoms with van der Waals surface area (Å²) in [7, 11) is 0. The smallest absolute Gasteiger partial charge is 0.284 e. The fraction of sp³-hybridized carbons (Fsp3) is 0.474. The normalized spacial score (nSPS) is 12.5. The van der Waals surface area contributed by atoms with Gasteiger partial charge >= 0.3 is 0 Å². The number of H-pyrrole nitrogens is 1. The van der Waals surface area contributed by atoms with Gasteiger partial charge in [0, 0.05) is 12.0 Å². The van der Waals surface area contributed by atoms with Crippen LogP contribution < -0.4 is 5.56 Å². The van der Waals surface area contributed by atoms with Crippen molar-refractivity contribution in [1.29, 1.82) is 0 Å². The van der Waals surface area contributed by atoms with Gasteiger partial charge in [0.2, 0.25) is 0 Å². The molecule has 1 N–H and O–H groups in total. The molecule has 3 nitrogen and oxygen atoms in total. The van der Waals surface area contributed by atoms with E-state index in [2.05, 4.69) is 50.1 Å². The number of halogens is 1. The second-order valence-corrected chi connectivity index (χ2v) is 8.95. The van der Waals surface area contributed by atoms with E-state index in [9.17, 15) is 4.79 Å². The maximum atomic E-state index is 12.5. The van der Waals surface area contributed by atoms with Crippen LogP contribution in [0.25, 0.3) is 0 Å². The molecule has 1 aromatic carbocycles. The van der Waals surface area contributed by atoms with Crippen LogP contribution in [0, 0.1) is 4.64 Å². The molecule has 1 aromatic heterocycles. The zero-order valence-electron chi connectivity index (χ0n) is 15.2. The number of nitrogens with one attached hydrogen (secondary N) is 1. The van der Waals surface area contributed by atoms with Crippen LogP contribution in [-0.2, 0) is 17.4 Å². The number of nitrogens with zero attached hydrogens (tertiary/aromatic N) is 1. The number of aromatic nitrogens is 2. The Hall–Kier alpha value is -1.39. The first-order chi connectivity index (χ1) is 10.9. The lowest BCUT2D eigenvalue weighted by Gasteiger charge is -2.23. The zero-order valence-corrected chi connectivity index (χ0v) is 16.7. The Morgan fingerprint density at radius 3 is 2.08 bits per heavy atom. The van der Waals surface area contributed by atoms with Gasteiger partial charge in [-0.15, -0.1) is 0 Å². The molecule has 0 radical (unpaired) electrons. The highest BCUT2D eigenvalue weighted by Crippen LogP contribution is 2.24. The Labute approximate surface area is 153 Å². The third-order valence-electron chi connectivity index (χ3n) is 4.01. The summed E-state index contributed by atoms with van der Waals surface area (Å²) >= 11 is 11.8. The predicted molar refractivity (Wildman–Crippen MR) is 104 cm³/mol. The van der Waals surface area contributed by atoms with Crippen LogP contribution in [0.5, 0.6) is 0 Å². The Kier molecular flexibility index (Phi) is 5.12. The van der Waals surface area contributed by atoms with Crippen molar-refractivity contribution in [2.45, 2.75) is 58.9 Å². The average molecular weight is 365 g/mol. The zero-order chi connectivity index (χ0) is 18.3. The molecule has 2 rings (SSSR count). The van der Waals surface area contributed by atoms with E-state index in [-0.39, 0.29) is 16.0 Å². The van der Waals surface area contributed by atoms with Gasteiger partial charge in [0.1, 0.15) is 9.66 Å². The molecule has 0 aliphatic heterocycles. The highest BCUT2D eigenvalue weighted by atomic mass is 35.5. The monoisotopic (exact) mass is 364 g/mol. The van der Waals surface area contributed by atoms with Crippen LogP contribution in [0.2, 0.25) is 5.02 Å². The number of hydrogen-bond donors (Lipinski definition) is 1. The minimum atomic E-state index is -0.402. The summed E-state index contributed by atoms with van der Waals surface area (Å²) in [5.41, 5.74) is 2.50. The van der Waals surface area contributed by atoms with Gasteiger partial charge < -0.3 is 0 Å². The second-order valence-electron chi connectivity index (χ2n) is 8.17. The summed E-state index contributed by atoms with van der Waals surface area (Å²) in [6, 6.07) is 8.38. The molecule has 0 bridgehead atoms. The summed E-state index contributed by atoms with van der Waals surface area (Å²) < 4.78 is 2.00. The van der Waals surface area contributed by atoms with E-state index in [4.69, 9.17) is 23.8 Å². The molecule has 0 atom stereocenters. The summed E-state index contributed by atoms with van der Waals surface area (Å²) in [5.74, 6) is 0. The van der Waals surface area contributed by atoms with Crippen molar-refractivity contribution in [3.63, 3.8) is 0 Å². The quantitative estimate of drug-likeness (QED) is 0.743. The molecule has 0 unspecified atom stereocenters. The van der Waals surface area contributed by atoms with Crippen molar-refractivity contribution in [2.75, 3.05) is 0 Å².